The number of nitrogens with zero attached hydrogens (tertiary/aromatic N) is 1. The molecular formula is C15H18N2O4. The molecule has 1 heterocycles. The van der Waals surface area contributed by atoms with E-state index in [1.807, 2.05) is 18.0 Å². The Morgan fingerprint density at radius 1 is 1.29 bits per heavy atom. The summed E-state index contributed by atoms with van der Waals surface area (Å²) in [5, 5.41) is 10.5. The number of morpholine rings is 1. The van der Waals surface area contributed by atoms with E-state index in [2.05, 4.69) is 5.43 Å². The van der Waals surface area contributed by atoms with Crippen LogP contribution in [-0.2, 0) is 9.53 Å². The predicted octanol–water partition coefficient (Wildman–Crippen LogP) is 1.07. The molecule has 21 heavy (non-hydrogen) atoms. The highest BCUT2D eigenvalue weighted by molar-refractivity contribution is 5.95. The molecule has 1 aromatic carbocycles. The van der Waals surface area contributed by atoms with Crippen LogP contribution in [0, 0.1) is 6.92 Å². The van der Waals surface area contributed by atoms with Crippen molar-refractivity contribution in [1.29, 1.82) is 0 Å². The van der Waals surface area contributed by atoms with Crippen molar-refractivity contribution in [3.05, 3.63) is 41.0 Å². The first kappa shape index (κ1) is 15.2. The van der Waals surface area contributed by atoms with Crippen LogP contribution in [0.4, 0.5) is 0 Å². The third-order valence-electron chi connectivity index (χ3n) is 3.05. The monoisotopic (exact) mass is 290 g/mol. The second-order valence-electron chi connectivity index (χ2n) is 4.84. The first-order valence-corrected chi connectivity index (χ1v) is 6.71. The van der Waals surface area contributed by atoms with Gasteiger partial charge in [-0.3, -0.25) is 10.2 Å². The number of benzene rings is 1. The first-order valence-electron chi connectivity index (χ1n) is 6.71. The quantitative estimate of drug-likeness (QED) is 0.811. The maximum absolute atomic E-state index is 12.2. The van der Waals surface area contributed by atoms with Crippen molar-refractivity contribution in [2.75, 3.05) is 26.3 Å². The van der Waals surface area contributed by atoms with E-state index in [1.165, 1.54) is 6.08 Å². The molecule has 0 bridgehead atoms. The molecule has 1 fully saturated rings. The molecule has 0 atom stereocenters. The topological polar surface area (TPSA) is 78.9 Å². The van der Waals surface area contributed by atoms with Gasteiger partial charge >= 0.3 is 5.97 Å². The number of aryl methyl sites for hydroxylation is 1. The van der Waals surface area contributed by atoms with Crippen molar-refractivity contribution in [1.82, 2.24) is 10.4 Å². The lowest BCUT2D eigenvalue weighted by atomic mass is 10.1. The SMILES string of the molecule is Cc1cc(/C=C/C(=O)O)cc(C(=O)NN2CCOCC2)c1. The molecule has 0 saturated carbocycles. The maximum atomic E-state index is 12.2. The third kappa shape index (κ3) is 4.70. The molecule has 0 unspecified atom stereocenters. The molecule has 2 rings (SSSR count). The summed E-state index contributed by atoms with van der Waals surface area (Å²) in [7, 11) is 0. The summed E-state index contributed by atoms with van der Waals surface area (Å²) in [6, 6.07) is 5.26. The van der Waals surface area contributed by atoms with Gasteiger partial charge in [-0.1, -0.05) is 6.07 Å². The van der Waals surface area contributed by atoms with E-state index in [0.717, 1.165) is 11.6 Å². The standard InChI is InChI=1S/C15H18N2O4/c1-11-8-12(2-3-14(18)19)10-13(9-11)15(20)16-17-4-6-21-7-5-17/h2-3,8-10H,4-7H2,1H3,(H,16,20)(H,18,19)/b3-2+. The number of carbonyl (C=O) groups is 2. The number of carbonyl (C=O) groups excluding carboxylic acids is 1. The molecule has 6 heteroatoms. The van der Waals surface area contributed by atoms with E-state index in [9.17, 15) is 9.59 Å². The lowest BCUT2D eigenvalue weighted by molar-refractivity contribution is -0.131. The van der Waals surface area contributed by atoms with E-state index < -0.39 is 5.97 Å². The highest BCUT2D eigenvalue weighted by Crippen LogP contribution is 2.12. The lowest BCUT2D eigenvalue weighted by Crippen LogP contribution is -2.48. The van der Waals surface area contributed by atoms with Crippen molar-refractivity contribution >= 4 is 18.0 Å². The first-order chi connectivity index (χ1) is 10.0. The number of hydrogen-bond acceptors (Lipinski definition) is 4. The zero-order chi connectivity index (χ0) is 15.2. The van der Waals surface area contributed by atoms with Gasteiger partial charge in [0.15, 0.2) is 0 Å². The Hall–Kier alpha value is -2.18. The third-order valence-corrected chi connectivity index (χ3v) is 3.05. The summed E-state index contributed by atoms with van der Waals surface area (Å²) in [5.41, 5.74) is 4.92. The Bertz CT molecular complexity index is 563. The van der Waals surface area contributed by atoms with Crippen molar-refractivity contribution in [3.63, 3.8) is 0 Å². The number of ether oxygens (including phenoxy) is 1. The number of carboxylic acids is 1. The zero-order valence-corrected chi connectivity index (χ0v) is 11.8. The van der Waals surface area contributed by atoms with Crippen LogP contribution >= 0.6 is 0 Å². The number of hydrogen-bond donors (Lipinski definition) is 2. The van der Waals surface area contributed by atoms with Gasteiger partial charge < -0.3 is 9.84 Å². The van der Waals surface area contributed by atoms with E-state index in [-0.39, 0.29) is 5.91 Å². The molecule has 1 saturated heterocycles. The van der Waals surface area contributed by atoms with Crippen LogP contribution in [0.5, 0.6) is 0 Å². The van der Waals surface area contributed by atoms with Crippen LogP contribution in [-0.4, -0.2) is 48.3 Å². The summed E-state index contributed by atoms with van der Waals surface area (Å²) in [6.07, 6.45) is 2.53. The predicted molar refractivity (Wildman–Crippen MR) is 77.7 cm³/mol. The fraction of sp³-hybridized carbons (Fsp3) is 0.333. The van der Waals surface area contributed by atoms with E-state index >= 15 is 0 Å². The summed E-state index contributed by atoms with van der Waals surface area (Å²) in [4.78, 5) is 22.8. The van der Waals surface area contributed by atoms with Crippen LogP contribution in [0.1, 0.15) is 21.5 Å². The van der Waals surface area contributed by atoms with Crippen LogP contribution in [0.3, 0.4) is 0 Å². The van der Waals surface area contributed by atoms with Crippen LogP contribution in [0.25, 0.3) is 6.08 Å². The highest BCUT2D eigenvalue weighted by Gasteiger charge is 2.14. The fourth-order valence-electron chi connectivity index (χ4n) is 2.09. The second kappa shape index (κ2) is 7.01. The smallest absolute Gasteiger partial charge is 0.328 e. The number of carboxylic acid groups (broad SMARTS) is 1. The molecule has 6 nitrogen and oxygen atoms in total. The second-order valence-corrected chi connectivity index (χ2v) is 4.84. The number of amides is 1. The Kier molecular flexibility index (Phi) is 5.08. The molecule has 112 valence electrons. The number of nitrogens with one attached hydrogen (secondary N) is 1. The van der Waals surface area contributed by atoms with E-state index in [0.29, 0.717) is 37.4 Å². The van der Waals surface area contributed by atoms with Crippen molar-refractivity contribution < 1.29 is 19.4 Å². The van der Waals surface area contributed by atoms with Crippen molar-refractivity contribution in [2.45, 2.75) is 6.92 Å². The van der Waals surface area contributed by atoms with E-state index in [1.54, 1.807) is 12.1 Å². The Labute approximate surface area is 123 Å². The van der Waals surface area contributed by atoms with Crippen LogP contribution in [0.2, 0.25) is 0 Å². The summed E-state index contributed by atoms with van der Waals surface area (Å²) >= 11 is 0. The molecule has 1 aliphatic heterocycles. The van der Waals surface area contributed by atoms with Gasteiger partial charge in [0.05, 0.1) is 13.2 Å². The van der Waals surface area contributed by atoms with Crippen LogP contribution < -0.4 is 5.43 Å². The number of rotatable bonds is 4. The molecule has 0 spiro atoms. The molecule has 1 aromatic rings. The number of hydrazine groups is 1. The molecule has 2 N–H and O–H groups in total. The zero-order valence-electron chi connectivity index (χ0n) is 11.8. The van der Waals surface area contributed by atoms with Gasteiger partial charge in [0.1, 0.15) is 0 Å². The maximum Gasteiger partial charge on any atom is 0.328 e. The van der Waals surface area contributed by atoms with Crippen molar-refractivity contribution in [2.24, 2.45) is 0 Å². The molecule has 0 aliphatic carbocycles. The highest BCUT2D eigenvalue weighted by atomic mass is 16.5. The Balaban J connectivity index is 2.10. The normalized spacial score (nSPS) is 16.0. The van der Waals surface area contributed by atoms with Gasteiger partial charge in [0, 0.05) is 24.7 Å². The van der Waals surface area contributed by atoms with Crippen molar-refractivity contribution in [3.8, 4) is 0 Å². The molecule has 0 radical (unpaired) electrons. The van der Waals surface area contributed by atoms with E-state index in [4.69, 9.17) is 9.84 Å². The largest absolute Gasteiger partial charge is 0.478 e. The molecule has 1 aliphatic rings. The Morgan fingerprint density at radius 2 is 2.00 bits per heavy atom. The number of aliphatic carboxylic acids is 1. The van der Waals surface area contributed by atoms with Gasteiger partial charge in [0.25, 0.3) is 5.91 Å². The fourth-order valence-corrected chi connectivity index (χ4v) is 2.09. The average Bonchev–Trinajstić information content (AvgIpc) is 2.45. The minimum atomic E-state index is -1.02. The molecule has 1 amide bonds. The van der Waals surface area contributed by atoms with Gasteiger partial charge in [-0.15, -0.1) is 0 Å². The average molecular weight is 290 g/mol. The lowest BCUT2D eigenvalue weighted by Gasteiger charge is -2.27. The Morgan fingerprint density at radius 3 is 2.67 bits per heavy atom. The van der Waals surface area contributed by atoms with Gasteiger partial charge in [-0.2, -0.15) is 0 Å². The van der Waals surface area contributed by atoms with Crippen LogP contribution in [0.15, 0.2) is 24.3 Å². The van der Waals surface area contributed by atoms with Gasteiger partial charge in [-0.25, -0.2) is 9.80 Å². The molecular weight excluding hydrogens is 272 g/mol. The summed E-state index contributed by atoms with van der Waals surface area (Å²) in [6.45, 7) is 4.37. The summed E-state index contributed by atoms with van der Waals surface area (Å²) < 4.78 is 5.22. The minimum absolute atomic E-state index is 0.203. The van der Waals surface area contributed by atoms with Gasteiger partial charge in [-0.05, 0) is 36.3 Å². The molecule has 0 aromatic heterocycles. The summed E-state index contributed by atoms with van der Waals surface area (Å²) in [5.74, 6) is -1.22. The van der Waals surface area contributed by atoms with Gasteiger partial charge in [0.2, 0.25) is 0 Å². The minimum Gasteiger partial charge on any atom is -0.478 e.